The molecule has 0 bridgehead atoms. The standard InChI is InChI=1S/C24H24ClN3O2/c1-15-18-7-3-4-8-21(18)26-16(2)20(15)14-23(29)27-22-13-17(25)9-10-19(22)24(30)28-11-5-6-12-28/h3-4,7-10,13H,5-6,11-12,14H2,1-2H3,(H,27,29). The number of pyridine rings is 1. The molecule has 6 heteroatoms. The fraction of sp³-hybridized carbons (Fsp3) is 0.292. The zero-order valence-corrected chi connectivity index (χ0v) is 17.9. The maximum absolute atomic E-state index is 12.9. The van der Waals surface area contributed by atoms with Gasteiger partial charge in [0.05, 0.1) is 23.2 Å². The number of fused-ring (bicyclic) bond motifs is 1. The first-order chi connectivity index (χ1) is 14.4. The fourth-order valence-electron chi connectivity index (χ4n) is 4.08. The Hall–Kier alpha value is -2.92. The van der Waals surface area contributed by atoms with Crippen molar-refractivity contribution in [1.82, 2.24) is 9.88 Å². The Morgan fingerprint density at radius 3 is 2.60 bits per heavy atom. The van der Waals surface area contributed by atoms with Crippen molar-refractivity contribution in [2.24, 2.45) is 0 Å². The van der Waals surface area contributed by atoms with Gasteiger partial charge in [-0.05, 0) is 62.1 Å². The van der Waals surface area contributed by atoms with E-state index in [1.807, 2.05) is 43.0 Å². The molecule has 0 saturated carbocycles. The van der Waals surface area contributed by atoms with E-state index >= 15 is 0 Å². The maximum Gasteiger partial charge on any atom is 0.255 e. The molecular weight excluding hydrogens is 398 g/mol. The van der Waals surface area contributed by atoms with Crippen LogP contribution in [0.3, 0.4) is 0 Å². The van der Waals surface area contributed by atoms with Crippen LogP contribution >= 0.6 is 11.6 Å². The second-order valence-electron chi connectivity index (χ2n) is 7.73. The summed E-state index contributed by atoms with van der Waals surface area (Å²) in [5.41, 5.74) is 4.63. The number of benzene rings is 2. The molecule has 0 unspecified atom stereocenters. The summed E-state index contributed by atoms with van der Waals surface area (Å²) >= 11 is 6.15. The second-order valence-corrected chi connectivity index (χ2v) is 8.17. The normalized spacial score (nSPS) is 13.6. The summed E-state index contributed by atoms with van der Waals surface area (Å²) in [6.45, 7) is 5.43. The van der Waals surface area contributed by atoms with E-state index in [2.05, 4.69) is 10.3 Å². The number of aromatic nitrogens is 1. The Labute approximate surface area is 181 Å². The van der Waals surface area contributed by atoms with Gasteiger partial charge in [0.1, 0.15) is 0 Å². The van der Waals surface area contributed by atoms with Gasteiger partial charge in [-0.2, -0.15) is 0 Å². The van der Waals surface area contributed by atoms with Gasteiger partial charge in [0.2, 0.25) is 5.91 Å². The van der Waals surface area contributed by atoms with Gasteiger partial charge in [-0.1, -0.05) is 29.8 Å². The Kier molecular flexibility index (Phi) is 5.73. The third kappa shape index (κ3) is 4.03. The number of hydrogen-bond acceptors (Lipinski definition) is 3. The molecule has 1 aromatic heterocycles. The zero-order valence-electron chi connectivity index (χ0n) is 17.2. The Bertz CT molecular complexity index is 1140. The molecule has 0 atom stereocenters. The molecule has 1 fully saturated rings. The van der Waals surface area contributed by atoms with Gasteiger partial charge in [-0.25, -0.2) is 0 Å². The number of likely N-dealkylation sites (tertiary alicyclic amines) is 1. The first-order valence-corrected chi connectivity index (χ1v) is 10.6. The largest absolute Gasteiger partial charge is 0.339 e. The summed E-state index contributed by atoms with van der Waals surface area (Å²) < 4.78 is 0. The summed E-state index contributed by atoms with van der Waals surface area (Å²) in [7, 11) is 0. The van der Waals surface area contributed by atoms with E-state index in [9.17, 15) is 9.59 Å². The number of carbonyl (C=O) groups excluding carboxylic acids is 2. The van der Waals surface area contributed by atoms with Crippen LogP contribution in [0.25, 0.3) is 10.9 Å². The molecule has 30 heavy (non-hydrogen) atoms. The van der Waals surface area contributed by atoms with Gasteiger partial charge < -0.3 is 10.2 Å². The SMILES string of the molecule is Cc1nc2ccccc2c(C)c1CC(=O)Nc1cc(Cl)ccc1C(=O)N1CCCC1. The van der Waals surface area contributed by atoms with Crippen molar-refractivity contribution in [2.75, 3.05) is 18.4 Å². The molecule has 1 N–H and O–H groups in total. The van der Waals surface area contributed by atoms with E-state index < -0.39 is 0 Å². The predicted molar refractivity (Wildman–Crippen MR) is 120 cm³/mol. The lowest BCUT2D eigenvalue weighted by Gasteiger charge is -2.18. The molecule has 0 aliphatic carbocycles. The van der Waals surface area contributed by atoms with Crippen LogP contribution in [0, 0.1) is 13.8 Å². The first-order valence-electron chi connectivity index (χ1n) is 10.2. The summed E-state index contributed by atoms with van der Waals surface area (Å²) in [5, 5.41) is 4.42. The minimum Gasteiger partial charge on any atom is -0.339 e. The lowest BCUT2D eigenvalue weighted by Crippen LogP contribution is -2.29. The Balaban J connectivity index is 1.60. The lowest BCUT2D eigenvalue weighted by molar-refractivity contribution is -0.115. The van der Waals surface area contributed by atoms with Crippen LogP contribution in [0.5, 0.6) is 0 Å². The van der Waals surface area contributed by atoms with E-state index in [-0.39, 0.29) is 18.2 Å². The molecule has 5 nitrogen and oxygen atoms in total. The summed E-state index contributed by atoms with van der Waals surface area (Å²) in [4.78, 5) is 32.3. The van der Waals surface area contributed by atoms with Gasteiger partial charge in [0.15, 0.2) is 0 Å². The maximum atomic E-state index is 12.9. The second kappa shape index (κ2) is 8.44. The molecule has 3 aromatic rings. The summed E-state index contributed by atoms with van der Waals surface area (Å²) in [5.74, 6) is -0.268. The molecule has 2 amide bonds. The number of halogens is 1. The first kappa shape index (κ1) is 20.4. The number of nitrogens with one attached hydrogen (secondary N) is 1. The van der Waals surface area contributed by atoms with Gasteiger partial charge in [0.25, 0.3) is 5.91 Å². The number of amides is 2. The van der Waals surface area contributed by atoms with Crippen molar-refractivity contribution < 1.29 is 9.59 Å². The van der Waals surface area contributed by atoms with E-state index in [0.29, 0.717) is 16.3 Å². The van der Waals surface area contributed by atoms with Crippen molar-refractivity contribution in [3.05, 3.63) is 69.9 Å². The van der Waals surface area contributed by atoms with Crippen LogP contribution in [0.4, 0.5) is 5.69 Å². The number of para-hydroxylation sites is 1. The quantitative estimate of drug-likeness (QED) is 0.650. The highest BCUT2D eigenvalue weighted by atomic mass is 35.5. The van der Waals surface area contributed by atoms with Crippen molar-refractivity contribution in [1.29, 1.82) is 0 Å². The van der Waals surface area contributed by atoms with E-state index in [1.54, 1.807) is 18.2 Å². The minimum absolute atomic E-state index is 0.0702. The van der Waals surface area contributed by atoms with Gasteiger partial charge in [-0.15, -0.1) is 0 Å². The van der Waals surface area contributed by atoms with E-state index in [4.69, 9.17) is 11.6 Å². The minimum atomic E-state index is -0.198. The number of rotatable bonds is 4. The highest BCUT2D eigenvalue weighted by Gasteiger charge is 2.23. The van der Waals surface area contributed by atoms with Crippen LogP contribution < -0.4 is 5.32 Å². The highest BCUT2D eigenvalue weighted by molar-refractivity contribution is 6.31. The predicted octanol–water partition coefficient (Wildman–Crippen LogP) is 4.92. The van der Waals surface area contributed by atoms with Crippen molar-refractivity contribution in [3.63, 3.8) is 0 Å². The average molecular weight is 422 g/mol. The molecule has 0 radical (unpaired) electrons. The monoisotopic (exact) mass is 421 g/mol. The van der Waals surface area contributed by atoms with Gasteiger partial charge >= 0.3 is 0 Å². The number of anilines is 1. The molecule has 2 heterocycles. The van der Waals surface area contributed by atoms with Crippen LogP contribution in [-0.4, -0.2) is 34.8 Å². The smallest absolute Gasteiger partial charge is 0.255 e. The molecule has 154 valence electrons. The topological polar surface area (TPSA) is 62.3 Å². The van der Waals surface area contributed by atoms with Gasteiger partial charge in [0, 0.05) is 29.2 Å². The van der Waals surface area contributed by atoms with Crippen LogP contribution in [0.1, 0.15) is 40.0 Å². The molecule has 0 spiro atoms. The fourth-order valence-corrected chi connectivity index (χ4v) is 4.25. The highest BCUT2D eigenvalue weighted by Crippen LogP contribution is 2.26. The third-order valence-corrected chi connectivity index (χ3v) is 5.94. The van der Waals surface area contributed by atoms with Crippen molar-refractivity contribution >= 4 is 40.0 Å². The molecule has 1 saturated heterocycles. The zero-order chi connectivity index (χ0) is 21.3. The summed E-state index contributed by atoms with van der Waals surface area (Å²) in [6, 6.07) is 12.9. The van der Waals surface area contributed by atoms with Crippen LogP contribution in [0.2, 0.25) is 5.02 Å². The van der Waals surface area contributed by atoms with Crippen LogP contribution in [-0.2, 0) is 11.2 Å². The lowest BCUT2D eigenvalue weighted by atomic mass is 9.99. The third-order valence-electron chi connectivity index (χ3n) is 5.70. The Morgan fingerprint density at radius 1 is 1.10 bits per heavy atom. The number of aryl methyl sites for hydroxylation is 2. The van der Waals surface area contributed by atoms with E-state index in [1.165, 1.54) is 0 Å². The molecule has 4 rings (SSSR count). The average Bonchev–Trinajstić information content (AvgIpc) is 3.26. The number of nitrogens with zero attached hydrogens (tertiary/aromatic N) is 2. The molecular formula is C24H24ClN3O2. The molecule has 2 aromatic carbocycles. The Morgan fingerprint density at radius 2 is 1.83 bits per heavy atom. The van der Waals surface area contributed by atoms with Crippen molar-refractivity contribution in [3.8, 4) is 0 Å². The molecule has 1 aliphatic rings. The number of carbonyl (C=O) groups is 2. The van der Waals surface area contributed by atoms with Crippen LogP contribution in [0.15, 0.2) is 42.5 Å². The number of hydrogen-bond donors (Lipinski definition) is 1. The van der Waals surface area contributed by atoms with Gasteiger partial charge in [-0.3, -0.25) is 14.6 Å². The summed E-state index contributed by atoms with van der Waals surface area (Å²) in [6.07, 6.45) is 2.20. The van der Waals surface area contributed by atoms with Crippen molar-refractivity contribution in [2.45, 2.75) is 33.1 Å². The molecule has 1 aliphatic heterocycles. The van der Waals surface area contributed by atoms with E-state index in [0.717, 1.165) is 53.7 Å².